The van der Waals surface area contributed by atoms with Gasteiger partial charge in [-0.05, 0) is 17.7 Å². The molecular weight excluding hydrogens is 620 g/mol. The second-order valence-electron chi connectivity index (χ2n) is 9.16. The maximum Gasteiger partial charge on any atom is 0.477 e. The number of H-pyrrole nitrogens is 1. The third kappa shape index (κ3) is 14.5. The highest BCUT2D eigenvalue weighted by Gasteiger charge is 2.27. The lowest BCUT2D eigenvalue weighted by atomic mass is 9.77. The van der Waals surface area contributed by atoms with E-state index >= 15 is 0 Å². The van der Waals surface area contributed by atoms with Gasteiger partial charge >= 0.3 is 20.2 Å². The summed E-state index contributed by atoms with van der Waals surface area (Å²) in [6, 6.07) is 11.8. The molecule has 0 aliphatic carbocycles. The van der Waals surface area contributed by atoms with Gasteiger partial charge in [-0.25, -0.2) is 9.78 Å². The van der Waals surface area contributed by atoms with Gasteiger partial charge in [-0.15, -0.1) is 5.10 Å². The molecule has 15 nitrogen and oxygen atoms in total. The first-order valence-electron chi connectivity index (χ1n) is 12.8. The van der Waals surface area contributed by atoms with Crippen LogP contribution in [0.5, 0.6) is 0 Å². The molecule has 0 saturated carbocycles. The maximum atomic E-state index is 12.0. The number of aromatic carboxylic acids is 1. The smallest absolute Gasteiger partial charge is 0.477 e. The number of thioether (sulfide) groups is 1. The van der Waals surface area contributed by atoms with E-state index in [0.29, 0.717) is 5.69 Å². The predicted octanol–water partition coefficient (Wildman–Crippen LogP) is -0.436. The molecule has 3 rings (SSSR count). The van der Waals surface area contributed by atoms with Crippen LogP contribution in [-0.2, 0) is 29.0 Å². The molecule has 0 bridgehead atoms. The number of carbonyl (C=O) groups excluding carboxylic acids is 3. The standard InChI is InChI=1S/C14H17BN4O4.C10H13BF2N2O5S.CH4/c1-10(20)14-16-9-19(18-14)8-12(15(22)23)17-13(21)7-11-5-3-2-4-6-11;12-10(13)21-4-8(16)15-7(11(19)20)3-5-1-2-6(14-5)9(17)18;/h2-6,9,12,22-23H,7-8H2,1H3,(H,17,21);1-2,7,10,14,19-20H,3-4H2,(H,15,16)(H,17,18);1H4/t12-;7-;/m11./s1. The Labute approximate surface area is 261 Å². The monoisotopic (exact) mass is 654 g/mol. The van der Waals surface area contributed by atoms with Crippen molar-refractivity contribution in [1.82, 2.24) is 30.4 Å². The molecule has 0 unspecified atom stereocenters. The molecule has 2 aromatic heterocycles. The summed E-state index contributed by atoms with van der Waals surface area (Å²) in [6.07, 6.45) is 1.34. The second kappa shape index (κ2) is 19.3. The van der Waals surface area contributed by atoms with E-state index in [1.54, 1.807) is 12.1 Å². The van der Waals surface area contributed by atoms with Gasteiger partial charge in [0.1, 0.15) is 12.0 Å². The molecule has 2 amide bonds. The van der Waals surface area contributed by atoms with Crippen molar-refractivity contribution in [3.8, 4) is 0 Å². The molecule has 1 aromatic carbocycles. The van der Waals surface area contributed by atoms with Gasteiger partial charge in [-0.1, -0.05) is 49.5 Å². The first kappa shape index (κ1) is 38.9. The predicted molar refractivity (Wildman–Crippen MR) is 161 cm³/mol. The fraction of sp³-hybridized carbons (Fsp3) is 0.360. The summed E-state index contributed by atoms with van der Waals surface area (Å²) in [5, 5.41) is 54.6. The van der Waals surface area contributed by atoms with Crippen LogP contribution in [0.1, 0.15) is 46.7 Å². The van der Waals surface area contributed by atoms with Gasteiger partial charge in [0.05, 0.1) is 30.6 Å². The third-order valence-electron chi connectivity index (χ3n) is 5.61. The number of nitrogens with zero attached hydrogens (tertiary/aromatic N) is 3. The lowest BCUT2D eigenvalue weighted by Gasteiger charge is -2.17. The van der Waals surface area contributed by atoms with Crippen LogP contribution in [-0.4, -0.2) is 106 Å². The normalized spacial score (nSPS) is 11.7. The van der Waals surface area contributed by atoms with Gasteiger partial charge in [0.15, 0.2) is 5.78 Å². The Morgan fingerprint density at radius 3 is 2.11 bits per heavy atom. The Morgan fingerprint density at radius 1 is 0.978 bits per heavy atom. The minimum Gasteiger partial charge on any atom is -0.477 e. The number of Topliss-reactive ketones (excluding diaryl/α,β-unsaturated/α-hetero) is 1. The number of aromatic amines is 1. The largest absolute Gasteiger partial charge is 0.477 e. The Balaban J connectivity index is 0.000000442. The van der Waals surface area contributed by atoms with Crippen LogP contribution in [0.2, 0.25) is 0 Å². The van der Waals surface area contributed by atoms with Crippen LogP contribution >= 0.6 is 11.8 Å². The number of nitrogens with one attached hydrogen (secondary N) is 3. The van der Waals surface area contributed by atoms with Crippen LogP contribution in [0.3, 0.4) is 0 Å². The minimum absolute atomic E-state index is 0. The van der Waals surface area contributed by atoms with Gasteiger partial charge in [0, 0.05) is 19.0 Å². The van der Waals surface area contributed by atoms with Crippen LogP contribution in [0.15, 0.2) is 48.8 Å². The average Bonchev–Trinajstić information content (AvgIpc) is 3.62. The molecular formula is C25H34B2F2N6O9S. The zero-order valence-corrected chi connectivity index (χ0v) is 24.0. The topological polar surface area (TPSA) is 240 Å². The van der Waals surface area contributed by atoms with Crippen LogP contribution < -0.4 is 10.6 Å². The van der Waals surface area contributed by atoms with Crippen molar-refractivity contribution in [2.75, 3.05) is 5.75 Å². The molecule has 2 atom stereocenters. The number of carboxylic acid groups (broad SMARTS) is 1. The van der Waals surface area contributed by atoms with Crippen molar-refractivity contribution in [3.05, 3.63) is 71.6 Å². The molecule has 2 heterocycles. The summed E-state index contributed by atoms with van der Waals surface area (Å²) in [7, 11) is -3.68. The first-order valence-corrected chi connectivity index (χ1v) is 13.9. The van der Waals surface area contributed by atoms with Crippen LogP contribution in [0.4, 0.5) is 8.78 Å². The molecule has 0 aliphatic rings. The second-order valence-corrected chi connectivity index (χ2v) is 10.1. The number of carbonyl (C=O) groups is 4. The number of hydrogen-bond acceptors (Lipinski definition) is 11. The number of hydrogen-bond donors (Lipinski definition) is 8. The summed E-state index contributed by atoms with van der Waals surface area (Å²) in [5.41, 5.74) is 1.08. The molecule has 45 heavy (non-hydrogen) atoms. The Kier molecular flexibility index (Phi) is 16.7. The van der Waals surface area contributed by atoms with Crippen LogP contribution in [0, 0.1) is 0 Å². The van der Waals surface area contributed by atoms with Crippen LogP contribution in [0.25, 0.3) is 0 Å². The average molecular weight is 654 g/mol. The molecule has 0 saturated heterocycles. The van der Waals surface area contributed by atoms with Crippen molar-refractivity contribution < 1.29 is 53.2 Å². The Hall–Kier alpha value is -4.10. The van der Waals surface area contributed by atoms with E-state index in [1.807, 2.05) is 18.2 Å². The van der Waals surface area contributed by atoms with E-state index in [4.69, 9.17) is 5.11 Å². The van der Waals surface area contributed by atoms with Gasteiger partial charge in [-0.2, -0.15) is 8.78 Å². The van der Waals surface area contributed by atoms with E-state index < -0.39 is 49.5 Å². The Bertz CT molecular complexity index is 1380. The van der Waals surface area contributed by atoms with Gasteiger partial charge in [0.2, 0.25) is 17.6 Å². The maximum absolute atomic E-state index is 12.0. The number of alkyl halides is 2. The summed E-state index contributed by atoms with van der Waals surface area (Å²) in [6.45, 7) is 1.32. The van der Waals surface area contributed by atoms with Crippen molar-refractivity contribution in [1.29, 1.82) is 0 Å². The molecule has 244 valence electrons. The highest BCUT2D eigenvalue weighted by Crippen LogP contribution is 2.13. The number of carboxylic acids is 1. The number of benzene rings is 1. The molecule has 0 aliphatic heterocycles. The molecule has 0 spiro atoms. The van der Waals surface area contributed by atoms with E-state index in [0.717, 1.165) is 5.56 Å². The summed E-state index contributed by atoms with van der Waals surface area (Å²) < 4.78 is 25.2. The zero-order valence-electron chi connectivity index (χ0n) is 23.2. The number of halogens is 2. The lowest BCUT2D eigenvalue weighted by Crippen LogP contribution is -2.49. The Morgan fingerprint density at radius 2 is 1.60 bits per heavy atom. The highest BCUT2D eigenvalue weighted by molar-refractivity contribution is 8.00. The van der Waals surface area contributed by atoms with E-state index in [-0.39, 0.29) is 61.8 Å². The first-order chi connectivity index (χ1) is 20.7. The fourth-order valence-corrected chi connectivity index (χ4v) is 3.90. The zero-order chi connectivity index (χ0) is 32.8. The van der Waals surface area contributed by atoms with Crippen molar-refractivity contribution in [3.63, 3.8) is 0 Å². The fourth-order valence-electron chi connectivity index (χ4n) is 3.54. The van der Waals surface area contributed by atoms with E-state index in [1.165, 1.54) is 30.1 Å². The molecule has 8 N–H and O–H groups in total. The van der Waals surface area contributed by atoms with E-state index in [2.05, 4.69) is 25.7 Å². The summed E-state index contributed by atoms with van der Waals surface area (Å²) in [4.78, 5) is 51.5. The number of aromatic nitrogens is 4. The quantitative estimate of drug-likeness (QED) is 0.0769. The molecule has 20 heteroatoms. The number of amides is 2. The summed E-state index contributed by atoms with van der Waals surface area (Å²) in [5.74, 6) is -7.89. The SMILES string of the molecule is C.CC(=O)c1ncn(C[C@@H](NC(=O)Cc2ccccc2)B(O)O)n1.O=C(CSC(F)F)N[C@H](Cc1ccc(C(=O)O)[nH]1)B(O)O. The number of ketones is 1. The van der Waals surface area contributed by atoms with Gasteiger partial charge in [0.25, 0.3) is 5.76 Å². The van der Waals surface area contributed by atoms with Crippen molar-refractivity contribution >= 4 is 49.6 Å². The minimum atomic E-state index is -2.70. The molecule has 0 fully saturated rings. The van der Waals surface area contributed by atoms with Crippen molar-refractivity contribution in [2.45, 2.75) is 51.4 Å². The van der Waals surface area contributed by atoms with Crippen molar-refractivity contribution in [2.24, 2.45) is 0 Å². The van der Waals surface area contributed by atoms with E-state index in [9.17, 15) is 48.1 Å². The summed E-state index contributed by atoms with van der Waals surface area (Å²) >= 11 is 0.113. The lowest BCUT2D eigenvalue weighted by molar-refractivity contribution is -0.121. The third-order valence-corrected chi connectivity index (χ3v) is 6.29. The number of rotatable bonds is 15. The molecule has 3 aromatic rings. The highest BCUT2D eigenvalue weighted by atomic mass is 32.2. The van der Waals surface area contributed by atoms with Gasteiger partial charge < -0.3 is 40.8 Å². The molecule has 0 radical (unpaired) electrons. The van der Waals surface area contributed by atoms with Gasteiger partial charge in [-0.3, -0.25) is 19.1 Å².